The predicted molar refractivity (Wildman–Crippen MR) is 132 cm³/mol. The summed E-state index contributed by atoms with van der Waals surface area (Å²) in [6.45, 7) is 7.33. The smallest absolute Gasteiger partial charge is 0.270 e. The van der Waals surface area contributed by atoms with Gasteiger partial charge in [0.05, 0.1) is 19.8 Å². The van der Waals surface area contributed by atoms with Gasteiger partial charge in [-0.25, -0.2) is 0 Å². The monoisotopic (exact) mass is 467 g/mol. The number of carbonyl (C=O) groups is 2. The maximum Gasteiger partial charge on any atom is 0.270 e. The van der Waals surface area contributed by atoms with Crippen molar-refractivity contribution in [1.82, 2.24) is 25.0 Å². The van der Waals surface area contributed by atoms with E-state index in [-0.39, 0.29) is 17.4 Å². The minimum Gasteiger partial charge on any atom is -0.379 e. The van der Waals surface area contributed by atoms with Crippen LogP contribution in [0, 0.1) is 0 Å². The Morgan fingerprint density at radius 1 is 0.971 bits per heavy atom. The Labute approximate surface area is 201 Å². The molecule has 1 aromatic heterocycles. The molecule has 2 saturated heterocycles. The first kappa shape index (κ1) is 23.3. The molecule has 184 valence electrons. The number of amides is 2. The standard InChI is InChI=1S/C26H37N5O3/c32-24(27-20-26(8-4-1-5-9-26)31-14-16-34-17-15-31)19-29-10-12-30(13-11-29)25(33)23-18-21-6-2-3-7-22(21)28-23/h2-3,6-7,18,28H,1,4-5,8-17,19-20H2,(H,27,32). The number of aromatic nitrogens is 1. The Kier molecular flexibility index (Phi) is 7.18. The van der Waals surface area contributed by atoms with Gasteiger partial charge in [-0.15, -0.1) is 0 Å². The van der Waals surface area contributed by atoms with Crippen molar-refractivity contribution in [3.05, 3.63) is 36.0 Å². The van der Waals surface area contributed by atoms with Crippen LogP contribution in [0.1, 0.15) is 42.6 Å². The number of hydrogen-bond donors (Lipinski definition) is 2. The highest BCUT2D eigenvalue weighted by molar-refractivity contribution is 5.98. The number of morpholine rings is 1. The van der Waals surface area contributed by atoms with Crippen molar-refractivity contribution >= 4 is 22.7 Å². The summed E-state index contributed by atoms with van der Waals surface area (Å²) in [6, 6.07) is 9.86. The zero-order valence-electron chi connectivity index (χ0n) is 20.1. The molecule has 1 aliphatic carbocycles. The van der Waals surface area contributed by atoms with Gasteiger partial charge in [0.2, 0.25) is 5.91 Å². The zero-order chi connectivity index (χ0) is 23.4. The molecule has 34 heavy (non-hydrogen) atoms. The molecule has 8 heteroatoms. The first-order valence-corrected chi connectivity index (χ1v) is 12.8. The van der Waals surface area contributed by atoms with Crippen molar-refractivity contribution < 1.29 is 14.3 Å². The van der Waals surface area contributed by atoms with Gasteiger partial charge < -0.3 is 19.9 Å². The van der Waals surface area contributed by atoms with Crippen LogP contribution in [0.5, 0.6) is 0 Å². The van der Waals surface area contributed by atoms with Crippen molar-refractivity contribution in [3.63, 3.8) is 0 Å². The van der Waals surface area contributed by atoms with Crippen LogP contribution >= 0.6 is 0 Å². The fourth-order valence-electron chi connectivity index (χ4n) is 5.84. The molecule has 2 aromatic rings. The van der Waals surface area contributed by atoms with Gasteiger partial charge >= 0.3 is 0 Å². The summed E-state index contributed by atoms with van der Waals surface area (Å²) in [4.78, 5) is 35.6. The van der Waals surface area contributed by atoms with Crippen molar-refractivity contribution in [3.8, 4) is 0 Å². The molecule has 3 aliphatic rings. The van der Waals surface area contributed by atoms with Crippen LogP contribution in [0.3, 0.4) is 0 Å². The van der Waals surface area contributed by atoms with Gasteiger partial charge in [-0.05, 0) is 25.0 Å². The summed E-state index contributed by atoms with van der Waals surface area (Å²) in [5.74, 6) is 0.124. The second-order valence-electron chi connectivity index (χ2n) is 10.00. The lowest BCUT2D eigenvalue weighted by atomic mass is 9.79. The molecule has 3 fully saturated rings. The van der Waals surface area contributed by atoms with Crippen LogP contribution in [-0.2, 0) is 9.53 Å². The lowest BCUT2D eigenvalue weighted by Gasteiger charge is -2.48. The van der Waals surface area contributed by atoms with Crippen molar-refractivity contribution in [1.29, 1.82) is 0 Å². The number of ether oxygens (including phenoxy) is 1. The molecule has 3 heterocycles. The van der Waals surface area contributed by atoms with Crippen LogP contribution in [0.15, 0.2) is 30.3 Å². The van der Waals surface area contributed by atoms with E-state index in [2.05, 4.69) is 20.1 Å². The highest BCUT2D eigenvalue weighted by atomic mass is 16.5. The van der Waals surface area contributed by atoms with E-state index in [4.69, 9.17) is 4.74 Å². The minimum absolute atomic E-state index is 0.0325. The SMILES string of the molecule is O=C(CN1CCN(C(=O)c2cc3ccccc3[nH]2)CC1)NCC1(N2CCOCC2)CCCCC1. The Balaban J connectivity index is 1.10. The molecule has 2 N–H and O–H groups in total. The van der Waals surface area contributed by atoms with Gasteiger partial charge in [-0.3, -0.25) is 19.4 Å². The van der Waals surface area contributed by atoms with E-state index in [1.165, 1.54) is 19.3 Å². The summed E-state index contributed by atoms with van der Waals surface area (Å²) >= 11 is 0. The van der Waals surface area contributed by atoms with Crippen molar-refractivity contribution in [2.24, 2.45) is 0 Å². The van der Waals surface area contributed by atoms with E-state index in [1.54, 1.807) is 0 Å². The normalized spacial score (nSPS) is 22.1. The van der Waals surface area contributed by atoms with Gasteiger partial charge in [-0.1, -0.05) is 37.5 Å². The fraction of sp³-hybridized carbons (Fsp3) is 0.615. The number of fused-ring (bicyclic) bond motifs is 1. The lowest BCUT2D eigenvalue weighted by Crippen LogP contribution is -2.60. The zero-order valence-corrected chi connectivity index (χ0v) is 20.1. The van der Waals surface area contributed by atoms with E-state index in [0.717, 1.165) is 56.6 Å². The Bertz CT molecular complexity index is 952. The highest BCUT2D eigenvalue weighted by Crippen LogP contribution is 2.33. The maximum atomic E-state index is 12.9. The van der Waals surface area contributed by atoms with Crippen LogP contribution in [0.4, 0.5) is 0 Å². The number of para-hydroxylation sites is 1. The van der Waals surface area contributed by atoms with E-state index >= 15 is 0 Å². The molecule has 0 spiro atoms. The first-order valence-electron chi connectivity index (χ1n) is 12.8. The second kappa shape index (κ2) is 10.5. The summed E-state index contributed by atoms with van der Waals surface area (Å²) in [5, 5.41) is 4.31. The molecule has 2 aliphatic heterocycles. The Morgan fingerprint density at radius 3 is 2.44 bits per heavy atom. The molecule has 0 unspecified atom stereocenters. The molecular weight excluding hydrogens is 430 g/mol. The van der Waals surface area contributed by atoms with E-state index in [1.807, 2.05) is 35.2 Å². The quantitative estimate of drug-likeness (QED) is 0.680. The largest absolute Gasteiger partial charge is 0.379 e. The van der Waals surface area contributed by atoms with Crippen LogP contribution in [-0.4, -0.2) is 103 Å². The third-order valence-electron chi connectivity index (χ3n) is 7.87. The number of aromatic amines is 1. The average Bonchev–Trinajstić information content (AvgIpc) is 3.33. The molecule has 0 atom stereocenters. The summed E-state index contributed by atoms with van der Waals surface area (Å²) in [6.07, 6.45) is 6.07. The number of hydrogen-bond acceptors (Lipinski definition) is 5. The summed E-state index contributed by atoms with van der Waals surface area (Å²) < 4.78 is 5.56. The van der Waals surface area contributed by atoms with Crippen LogP contribution in [0.25, 0.3) is 10.9 Å². The van der Waals surface area contributed by atoms with Gasteiger partial charge in [0, 0.05) is 62.3 Å². The number of nitrogens with zero attached hydrogens (tertiary/aromatic N) is 3. The number of carbonyl (C=O) groups excluding carboxylic acids is 2. The molecular formula is C26H37N5O3. The molecule has 1 saturated carbocycles. The number of H-pyrrole nitrogens is 1. The summed E-state index contributed by atoms with van der Waals surface area (Å²) in [5.41, 5.74) is 1.70. The van der Waals surface area contributed by atoms with Crippen LogP contribution in [0.2, 0.25) is 0 Å². The molecule has 1 aromatic carbocycles. The van der Waals surface area contributed by atoms with Gasteiger partial charge in [0.15, 0.2) is 0 Å². The third-order valence-corrected chi connectivity index (χ3v) is 7.87. The average molecular weight is 468 g/mol. The first-order chi connectivity index (χ1) is 16.6. The number of nitrogens with one attached hydrogen (secondary N) is 2. The second-order valence-corrected chi connectivity index (χ2v) is 10.00. The molecule has 8 nitrogen and oxygen atoms in total. The van der Waals surface area contributed by atoms with Gasteiger partial charge in [0.25, 0.3) is 5.91 Å². The third kappa shape index (κ3) is 5.14. The van der Waals surface area contributed by atoms with Crippen molar-refractivity contribution in [2.75, 3.05) is 65.6 Å². The van der Waals surface area contributed by atoms with Crippen molar-refractivity contribution in [2.45, 2.75) is 37.6 Å². The summed E-state index contributed by atoms with van der Waals surface area (Å²) in [7, 11) is 0. The lowest BCUT2D eigenvalue weighted by molar-refractivity contribution is -0.123. The van der Waals surface area contributed by atoms with Gasteiger partial charge in [-0.2, -0.15) is 0 Å². The Hall–Kier alpha value is -2.42. The number of piperazine rings is 1. The maximum absolute atomic E-state index is 12.9. The number of benzene rings is 1. The molecule has 0 bridgehead atoms. The van der Waals surface area contributed by atoms with Gasteiger partial charge in [0.1, 0.15) is 5.69 Å². The molecule has 2 amide bonds. The minimum atomic E-state index is 0.0325. The van der Waals surface area contributed by atoms with Crippen LogP contribution < -0.4 is 5.32 Å². The Morgan fingerprint density at radius 2 is 1.71 bits per heavy atom. The van der Waals surface area contributed by atoms with E-state index < -0.39 is 0 Å². The fourth-order valence-corrected chi connectivity index (χ4v) is 5.84. The molecule has 5 rings (SSSR count). The topological polar surface area (TPSA) is 80.9 Å². The molecule has 0 radical (unpaired) electrons. The number of rotatable bonds is 6. The highest BCUT2D eigenvalue weighted by Gasteiger charge is 2.39. The predicted octanol–water partition coefficient (Wildman–Crippen LogP) is 2.08. The van der Waals surface area contributed by atoms with E-state index in [0.29, 0.717) is 38.4 Å². The van der Waals surface area contributed by atoms with E-state index in [9.17, 15) is 9.59 Å².